The van der Waals surface area contributed by atoms with Crippen LogP contribution in [0.1, 0.15) is 36.8 Å². The molecule has 0 unspecified atom stereocenters. The predicted molar refractivity (Wildman–Crippen MR) is 90.6 cm³/mol. The Morgan fingerprint density at radius 3 is 2.56 bits per heavy atom. The van der Waals surface area contributed by atoms with E-state index in [-0.39, 0.29) is 43.4 Å². The van der Waals surface area contributed by atoms with Gasteiger partial charge in [-0.05, 0) is 37.5 Å². The Labute approximate surface area is 154 Å². The van der Waals surface area contributed by atoms with Crippen LogP contribution in [0.4, 0.5) is 10.5 Å². The lowest BCUT2D eigenvalue weighted by atomic mass is 9.87. The number of benzene rings is 1. The van der Waals surface area contributed by atoms with Gasteiger partial charge in [0.2, 0.25) is 0 Å². The van der Waals surface area contributed by atoms with E-state index in [1.807, 2.05) is 0 Å². The van der Waals surface area contributed by atoms with E-state index in [0.717, 1.165) is 25.7 Å². The lowest BCUT2D eigenvalue weighted by molar-refractivity contribution is -0.385. The highest BCUT2D eigenvalue weighted by molar-refractivity contribution is 6.08. The van der Waals surface area contributed by atoms with Gasteiger partial charge in [0, 0.05) is 23.3 Å². The van der Waals surface area contributed by atoms with Crippen LogP contribution in [0.5, 0.6) is 5.75 Å². The molecule has 1 saturated heterocycles. The molecule has 0 atom stereocenters. The molecule has 9 nitrogen and oxygen atoms in total. The van der Waals surface area contributed by atoms with Crippen LogP contribution in [0, 0.1) is 22.0 Å². The molecule has 1 N–H and O–H groups in total. The van der Waals surface area contributed by atoms with Crippen LogP contribution >= 0.6 is 0 Å². The second-order valence-corrected chi connectivity index (χ2v) is 7.70. The third kappa shape index (κ3) is 2.48. The molecule has 0 bridgehead atoms. The lowest BCUT2D eigenvalue weighted by Gasteiger charge is -2.27. The standard InChI is InChI=1S/C18H19N3O6/c22-16-18(12-1-2-12,13-3-4-13)19-17(23)20(16)7-10-5-14(21(24)25)6-11-8-26-9-27-15(10)11/h5-6,12-13H,1-4,7-9H2,(H,19,23). The first-order valence-electron chi connectivity index (χ1n) is 9.15. The molecule has 0 aromatic heterocycles. The Hall–Kier alpha value is -2.68. The third-order valence-electron chi connectivity index (χ3n) is 5.91. The molecular formula is C18H19N3O6. The van der Waals surface area contributed by atoms with Gasteiger partial charge in [0.15, 0.2) is 6.79 Å². The Kier molecular flexibility index (Phi) is 3.45. The summed E-state index contributed by atoms with van der Waals surface area (Å²) in [6.07, 6.45) is 3.79. The first-order chi connectivity index (χ1) is 13.0. The zero-order valence-corrected chi connectivity index (χ0v) is 14.6. The van der Waals surface area contributed by atoms with Crippen molar-refractivity contribution in [1.29, 1.82) is 0 Å². The molecular weight excluding hydrogens is 354 g/mol. The minimum absolute atomic E-state index is 0.0338. The fraction of sp³-hybridized carbons (Fsp3) is 0.556. The van der Waals surface area contributed by atoms with Crippen molar-refractivity contribution in [3.05, 3.63) is 33.4 Å². The third-order valence-corrected chi connectivity index (χ3v) is 5.91. The molecule has 0 spiro atoms. The molecule has 3 amide bonds. The number of carbonyl (C=O) groups excluding carboxylic acids is 2. The number of nitrogens with one attached hydrogen (secondary N) is 1. The Morgan fingerprint density at radius 1 is 1.22 bits per heavy atom. The van der Waals surface area contributed by atoms with Gasteiger partial charge in [-0.15, -0.1) is 0 Å². The summed E-state index contributed by atoms with van der Waals surface area (Å²) in [7, 11) is 0. The summed E-state index contributed by atoms with van der Waals surface area (Å²) in [5, 5.41) is 14.2. The zero-order chi connectivity index (χ0) is 18.8. The van der Waals surface area contributed by atoms with E-state index >= 15 is 0 Å². The van der Waals surface area contributed by atoms with Crippen molar-refractivity contribution in [3.8, 4) is 5.75 Å². The number of nitrogens with zero attached hydrogens (tertiary/aromatic N) is 2. The van der Waals surface area contributed by atoms with Crippen LogP contribution in [-0.2, 0) is 22.7 Å². The van der Waals surface area contributed by atoms with E-state index in [4.69, 9.17) is 9.47 Å². The number of non-ortho nitro benzene ring substituents is 1. The van der Waals surface area contributed by atoms with Crippen molar-refractivity contribution < 1.29 is 24.0 Å². The van der Waals surface area contributed by atoms with Gasteiger partial charge in [-0.3, -0.25) is 19.8 Å². The smallest absolute Gasteiger partial charge is 0.325 e. The number of carbonyl (C=O) groups is 2. The number of hydrogen-bond donors (Lipinski definition) is 1. The van der Waals surface area contributed by atoms with Crippen molar-refractivity contribution >= 4 is 17.6 Å². The molecule has 2 saturated carbocycles. The average molecular weight is 373 g/mol. The summed E-state index contributed by atoms with van der Waals surface area (Å²) in [5.41, 5.74) is 0.115. The minimum Gasteiger partial charge on any atom is -0.467 e. The summed E-state index contributed by atoms with van der Waals surface area (Å²) < 4.78 is 10.7. The highest BCUT2D eigenvalue weighted by Gasteiger charge is 2.65. The SMILES string of the molecule is O=C1NC(C2CC2)(C2CC2)C(=O)N1Cc1cc([N+](=O)[O-])cc2c1OCOC2. The van der Waals surface area contributed by atoms with Crippen LogP contribution in [0.3, 0.4) is 0 Å². The largest absolute Gasteiger partial charge is 0.467 e. The normalized spacial score (nSPS) is 23.6. The number of fused-ring (bicyclic) bond motifs is 1. The topological polar surface area (TPSA) is 111 Å². The zero-order valence-electron chi connectivity index (χ0n) is 14.6. The molecule has 1 aromatic carbocycles. The highest BCUT2D eigenvalue weighted by atomic mass is 16.7. The van der Waals surface area contributed by atoms with E-state index in [1.165, 1.54) is 17.0 Å². The van der Waals surface area contributed by atoms with Crippen molar-refractivity contribution in [2.75, 3.05) is 6.79 Å². The van der Waals surface area contributed by atoms with Gasteiger partial charge in [0.25, 0.3) is 11.6 Å². The van der Waals surface area contributed by atoms with Gasteiger partial charge >= 0.3 is 6.03 Å². The van der Waals surface area contributed by atoms with Gasteiger partial charge < -0.3 is 14.8 Å². The first kappa shape index (κ1) is 16.5. The van der Waals surface area contributed by atoms with Gasteiger partial charge in [-0.1, -0.05) is 0 Å². The molecule has 3 fully saturated rings. The molecule has 2 aliphatic heterocycles. The number of hydrogen-bond acceptors (Lipinski definition) is 6. The molecule has 9 heteroatoms. The van der Waals surface area contributed by atoms with Crippen LogP contribution in [0.15, 0.2) is 12.1 Å². The highest BCUT2D eigenvalue weighted by Crippen LogP contribution is 2.54. The first-order valence-corrected chi connectivity index (χ1v) is 9.15. The fourth-order valence-corrected chi connectivity index (χ4v) is 4.40. The van der Waals surface area contributed by atoms with E-state index < -0.39 is 16.5 Å². The second kappa shape index (κ2) is 5.66. The number of nitro benzene ring substituents is 1. The van der Waals surface area contributed by atoms with Gasteiger partial charge in [-0.2, -0.15) is 0 Å². The number of urea groups is 1. The molecule has 27 heavy (non-hydrogen) atoms. The fourth-order valence-electron chi connectivity index (χ4n) is 4.40. The second-order valence-electron chi connectivity index (χ2n) is 7.70. The average Bonchev–Trinajstić information content (AvgIpc) is 3.55. The van der Waals surface area contributed by atoms with Gasteiger partial charge in [0.05, 0.1) is 18.1 Å². The molecule has 142 valence electrons. The van der Waals surface area contributed by atoms with Crippen LogP contribution < -0.4 is 10.1 Å². The summed E-state index contributed by atoms with van der Waals surface area (Å²) in [5.74, 6) is 0.665. The predicted octanol–water partition coefficient (Wildman–Crippen LogP) is 2.07. The van der Waals surface area contributed by atoms with Gasteiger partial charge in [-0.25, -0.2) is 4.79 Å². The lowest BCUT2D eigenvalue weighted by Crippen LogP contribution is -2.51. The molecule has 1 aromatic rings. The molecule has 5 rings (SSSR count). The van der Waals surface area contributed by atoms with Crippen molar-refractivity contribution in [3.63, 3.8) is 0 Å². The van der Waals surface area contributed by atoms with E-state index in [9.17, 15) is 19.7 Å². The van der Waals surface area contributed by atoms with Crippen molar-refractivity contribution in [2.24, 2.45) is 11.8 Å². The molecule has 4 aliphatic rings. The summed E-state index contributed by atoms with van der Waals surface area (Å²) in [6, 6.07) is 2.35. The summed E-state index contributed by atoms with van der Waals surface area (Å²) >= 11 is 0. The number of imide groups is 1. The van der Waals surface area contributed by atoms with Crippen LogP contribution in [0.2, 0.25) is 0 Å². The quantitative estimate of drug-likeness (QED) is 0.480. The Morgan fingerprint density at radius 2 is 1.93 bits per heavy atom. The Bertz CT molecular complexity index is 849. The maximum atomic E-state index is 13.2. The molecule has 2 aliphatic carbocycles. The minimum atomic E-state index is -0.776. The van der Waals surface area contributed by atoms with E-state index in [0.29, 0.717) is 16.9 Å². The maximum absolute atomic E-state index is 13.2. The number of amides is 3. The van der Waals surface area contributed by atoms with Crippen molar-refractivity contribution in [2.45, 2.75) is 44.4 Å². The Balaban J connectivity index is 1.50. The number of rotatable bonds is 5. The van der Waals surface area contributed by atoms with E-state index in [1.54, 1.807) is 0 Å². The number of ether oxygens (including phenoxy) is 2. The maximum Gasteiger partial charge on any atom is 0.325 e. The van der Waals surface area contributed by atoms with Gasteiger partial charge in [0.1, 0.15) is 11.3 Å². The molecule has 2 heterocycles. The monoisotopic (exact) mass is 373 g/mol. The number of nitro groups is 1. The van der Waals surface area contributed by atoms with Crippen molar-refractivity contribution in [1.82, 2.24) is 10.2 Å². The van der Waals surface area contributed by atoms with Crippen LogP contribution in [-0.4, -0.2) is 34.1 Å². The molecule has 0 radical (unpaired) electrons. The summed E-state index contributed by atoms with van der Waals surface area (Å²) in [6.45, 7) is 0.181. The van der Waals surface area contributed by atoms with E-state index in [2.05, 4.69) is 5.32 Å². The van der Waals surface area contributed by atoms with Crippen LogP contribution in [0.25, 0.3) is 0 Å². The summed E-state index contributed by atoms with van der Waals surface area (Å²) in [4.78, 5) is 37.8.